The van der Waals surface area contributed by atoms with Gasteiger partial charge < -0.3 is 10.2 Å². The van der Waals surface area contributed by atoms with Crippen LogP contribution in [0.5, 0.6) is 0 Å². The zero-order valence-corrected chi connectivity index (χ0v) is 8.09. The molecule has 0 bridgehead atoms. The van der Waals surface area contributed by atoms with Gasteiger partial charge in [-0.15, -0.1) is 0 Å². The van der Waals surface area contributed by atoms with E-state index in [1.54, 1.807) is 12.4 Å². The van der Waals surface area contributed by atoms with E-state index in [9.17, 15) is 0 Å². The number of hydrazine groups is 1. The van der Waals surface area contributed by atoms with Crippen LogP contribution in [-0.2, 0) is 6.54 Å². The Morgan fingerprint density at radius 3 is 2.50 bits per heavy atom. The van der Waals surface area contributed by atoms with Crippen LogP contribution in [0.4, 0.5) is 0 Å². The van der Waals surface area contributed by atoms with Gasteiger partial charge in [0.1, 0.15) is 0 Å². The molecule has 78 valence electrons. The molecular weight excluding hydrogens is 182 g/mol. The average molecular weight is 197 g/mol. The summed E-state index contributed by atoms with van der Waals surface area (Å²) in [6.45, 7) is 1.74. The summed E-state index contributed by atoms with van der Waals surface area (Å²) in [6.07, 6.45) is 3.33. The van der Waals surface area contributed by atoms with Crippen molar-refractivity contribution < 1.29 is 10.2 Å². The third kappa shape index (κ3) is 4.29. The fourth-order valence-electron chi connectivity index (χ4n) is 1.16. The van der Waals surface area contributed by atoms with Crippen molar-refractivity contribution in [1.82, 2.24) is 9.99 Å². The Bertz CT molecular complexity index is 271. The first-order valence-electron chi connectivity index (χ1n) is 4.31. The zero-order valence-electron chi connectivity index (χ0n) is 8.09. The second-order valence-corrected chi connectivity index (χ2v) is 3.48. The number of nitrogens with zero attached hydrogens (tertiary/aromatic N) is 2. The molecule has 5 heteroatoms. The molecule has 0 aliphatic heterocycles. The van der Waals surface area contributed by atoms with Gasteiger partial charge in [0, 0.05) is 18.9 Å². The van der Waals surface area contributed by atoms with Crippen LogP contribution in [0.1, 0.15) is 12.5 Å². The molecule has 0 fully saturated rings. The summed E-state index contributed by atoms with van der Waals surface area (Å²) in [5, 5.41) is 19.5. The molecule has 1 aromatic rings. The third-order valence-corrected chi connectivity index (χ3v) is 1.64. The zero-order chi connectivity index (χ0) is 10.6. The molecule has 0 aliphatic rings. The molecule has 0 saturated carbocycles. The van der Waals surface area contributed by atoms with Gasteiger partial charge in [-0.25, -0.2) is 5.01 Å². The fraction of sp³-hybridized carbons (Fsp3) is 0.444. The maximum atomic E-state index is 9.09. The van der Waals surface area contributed by atoms with Crippen LogP contribution in [0.3, 0.4) is 0 Å². The lowest BCUT2D eigenvalue weighted by Gasteiger charge is -2.23. The molecule has 1 heterocycles. The standard InChI is InChI=1S/C9H15N3O2/c1-9(13,14)7-12(10)6-8-2-4-11-5-3-8/h2-5,13-14H,6-7,10H2,1H3. The van der Waals surface area contributed by atoms with E-state index in [-0.39, 0.29) is 6.54 Å². The van der Waals surface area contributed by atoms with E-state index in [0.29, 0.717) is 6.54 Å². The molecule has 0 atom stereocenters. The smallest absolute Gasteiger partial charge is 0.174 e. The van der Waals surface area contributed by atoms with Crippen molar-refractivity contribution in [1.29, 1.82) is 0 Å². The van der Waals surface area contributed by atoms with E-state index in [2.05, 4.69) is 4.98 Å². The largest absolute Gasteiger partial charge is 0.365 e. The first-order chi connectivity index (χ1) is 6.47. The Hall–Kier alpha value is -1.01. The maximum absolute atomic E-state index is 9.09. The average Bonchev–Trinajstić information content (AvgIpc) is 2.02. The second kappa shape index (κ2) is 4.47. The minimum Gasteiger partial charge on any atom is -0.365 e. The lowest BCUT2D eigenvalue weighted by molar-refractivity contribution is -0.160. The van der Waals surface area contributed by atoms with Gasteiger partial charge in [0.2, 0.25) is 0 Å². The highest BCUT2D eigenvalue weighted by Crippen LogP contribution is 2.03. The topological polar surface area (TPSA) is 82.6 Å². The summed E-state index contributed by atoms with van der Waals surface area (Å²) in [5.41, 5.74) is 0.978. The van der Waals surface area contributed by atoms with Crippen LogP contribution in [0.25, 0.3) is 0 Å². The van der Waals surface area contributed by atoms with E-state index in [1.165, 1.54) is 11.9 Å². The maximum Gasteiger partial charge on any atom is 0.174 e. The normalized spacial score (nSPS) is 12.1. The highest BCUT2D eigenvalue weighted by atomic mass is 16.5. The van der Waals surface area contributed by atoms with Crippen LogP contribution < -0.4 is 5.84 Å². The second-order valence-electron chi connectivity index (χ2n) is 3.48. The van der Waals surface area contributed by atoms with Crippen molar-refractivity contribution in [2.75, 3.05) is 6.54 Å². The Balaban J connectivity index is 2.46. The fourth-order valence-corrected chi connectivity index (χ4v) is 1.16. The van der Waals surface area contributed by atoms with Gasteiger partial charge in [-0.3, -0.25) is 10.8 Å². The number of nitrogens with two attached hydrogens (primary N) is 1. The van der Waals surface area contributed by atoms with Crippen molar-refractivity contribution in [2.24, 2.45) is 5.84 Å². The highest BCUT2D eigenvalue weighted by Gasteiger charge is 2.18. The van der Waals surface area contributed by atoms with Gasteiger partial charge in [0.15, 0.2) is 5.79 Å². The van der Waals surface area contributed by atoms with Crippen molar-refractivity contribution in [2.45, 2.75) is 19.3 Å². The molecule has 0 aromatic carbocycles. The lowest BCUT2D eigenvalue weighted by atomic mass is 10.2. The number of rotatable bonds is 4. The Kier molecular flexibility index (Phi) is 3.54. The third-order valence-electron chi connectivity index (χ3n) is 1.64. The summed E-state index contributed by atoms with van der Waals surface area (Å²) in [7, 11) is 0. The molecule has 0 aliphatic carbocycles. The summed E-state index contributed by atoms with van der Waals surface area (Å²) >= 11 is 0. The quantitative estimate of drug-likeness (QED) is 0.343. The molecular formula is C9H15N3O2. The molecule has 0 unspecified atom stereocenters. The van der Waals surface area contributed by atoms with E-state index in [4.69, 9.17) is 16.1 Å². The van der Waals surface area contributed by atoms with Gasteiger partial charge >= 0.3 is 0 Å². The monoisotopic (exact) mass is 197 g/mol. The number of hydrogen-bond acceptors (Lipinski definition) is 5. The molecule has 4 N–H and O–H groups in total. The van der Waals surface area contributed by atoms with Crippen molar-refractivity contribution in [3.63, 3.8) is 0 Å². The number of hydrogen-bond donors (Lipinski definition) is 3. The molecule has 0 spiro atoms. The van der Waals surface area contributed by atoms with Crippen molar-refractivity contribution in [3.8, 4) is 0 Å². The van der Waals surface area contributed by atoms with E-state index >= 15 is 0 Å². The predicted octanol–water partition coefficient (Wildman–Crippen LogP) is -0.542. The Morgan fingerprint density at radius 1 is 1.43 bits per heavy atom. The number of aliphatic hydroxyl groups is 2. The molecule has 0 amide bonds. The van der Waals surface area contributed by atoms with Crippen molar-refractivity contribution in [3.05, 3.63) is 30.1 Å². The van der Waals surface area contributed by atoms with Gasteiger partial charge in [-0.05, 0) is 24.6 Å². The molecule has 0 saturated heterocycles. The SMILES string of the molecule is CC(O)(O)CN(N)Cc1ccncc1. The van der Waals surface area contributed by atoms with Crippen LogP contribution in [0, 0.1) is 0 Å². The minimum atomic E-state index is -1.76. The Morgan fingerprint density at radius 2 is 2.00 bits per heavy atom. The van der Waals surface area contributed by atoms with E-state index in [0.717, 1.165) is 5.56 Å². The predicted molar refractivity (Wildman–Crippen MR) is 51.7 cm³/mol. The van der Waals surface area contributed by atoms with Gasteiger partial charge in [-0.1, -0.05) is 0 Å². The molecule has 5 nitrogen and oxygen atoms in total. The van der Waals surface area contributed by atoms with Gasteiger partial charge in [-0.2, -0.15) is 0 Å². The molecule has 1 aromatic heterocycles. The highest BCUT2D eigenvalue weighted by molar-refractivity contribution is 5.08. The van der Waals surface area contributed by atoms with E-state index in [1.807, 2.05) is 12.1 Å². The molecule has 1 rings (SSSR count). The van der Waals surface area contributed by atoms with Gasteiger partial charge in [0.25, 0.3) is 0 Å². The van der Waals surface area contributed by atoms with Crippen LogP contribution >= 0.6 is 0 Å². The van der Waals surface area contributed by atoms with Crippen LogP contribution in [0.15, 0.2) is 24.5 Å². The molecule has 14 heavy (non-hydrogen) atoms. The lowest BCUT2D eigenvalue weighted by Crippen LogP contribution is -2.43. The Labute approximate surface area is 82.8 Å². The number of aromatic nitrogens is 1. The first kappa shape index (κ1) is 11.1. The van der Waals surface area contributed by atoms with E-state index < -0.39 is 5.79 Å². The van der Waals surface area contributed by atoms with Gasteiger partial charge in [0.05, 0.1) is 6.54 Å². The van der Waals surface area contributed by atoms with Crippen LogP contribution in [0.2, 0.25) is 0 Å². The number of pyridine rings is 1. The summed E-state index contributed by atoms with van der Waals surface area (Å²) < 4.78 is 0. The summed E-state index contributed by atoms with van der Waals surface area (Å²) in [5.74, 6) is 3.82. The van der Waals surface area contributed by atoms with Crippen molar-refractivity contribution >= 4 is 0 Å². The first-order valence-corrected chi connectivity index (χ1v) is 4.31. The summed E-state index contributed by atoms with van der Waals surface area (Å²) in [4.78, 5) is 3.87. The summed E-state index contributed by atoms with van der Waals surface area (Å²) in [6, 6.07) is 3.65. The van der Waals surface area contributed by atoms with Crippen LogP contribution in [-0.4, -0.2) is 32.5 Å². The minimum absolute atomic E-state index is 0.00464. The molecule has 0 radical (unpaired) electrons.